The van der Waals surface area contributed by atoms with Crippen molar-refractivity contribution in [1.82, 2.24) is 0 Å². The molecule has 5 rings (SSSR count). The quantitative estimate of drug-likeness (QED) is 0.0405. The molecule has 12 atom stereocenters. The number of esters is 3. The van der Waals surface area contributed by atoms with E-state index in [4.69, 9.17) is 42.3 Å². The van der Waals surface area contributed by atoms with Gasteiger partial charge in [0.15, 0.2) is 20.2 Å². The smallest absolute Gasteiger partial charge is 0.330 e. The average Bonchev–Trinajstić information content (AvgIpc) is 3.28. The molecule has 0 amide bonds. The third-order valence-corrected chi connectivity index (χ3v) is 20.3. The Hall–Kier alpha value is -3.28. The molecule has 3 aliphatic heterocycles. The maximum atomic E-state index is 14.6. The number of carbonyl (C=O) groups is 4. The minimum Gasteiger partial charge on any atom is -0.466 e. The Labute approximate surface area is 425 Å². The molecule has 3 heterocycles. The molecule has 0 aromatic heterocycles. The highest BCUT2D eigenvalue weighted by molar-refractivity contribution is 6.74. The van der Waals surface area contributed by atoms with E-state index in [0.717, 1.165) is 50.5 Å². The van der Waals surface area contributed by atoms with E-state index in [1.54, 1.807) is 13.8 Å². The number of hydrogen-bond acceptors (Lipinski definition) is 14. The summed E-state index contributed by atoms with van der Waals surface area (Å²) in [5.74, 6) is -3.43. The van der Waals surface area contributed by atoms with E-state index in [1.807, 2.05) is 37.3 Å². The van der Waals surface area contributed by atoms with Gasteiger partial charge in [-0.15, -0.1) is 0 Å². The predicted molar refractivity (Wildman–Crippen MR) is 272 cm³/mol. The highest BCUT2D eigenvalue weighted by atomic mass is 28.4. The summed E-state index contributed by atoms with van der Waals surface area (Å²) in [6, 6.07) is 9.64. The van der Waals surface area contributed by atoms with Gasteiger partial charge in [0.2, 0.25) is 5.79 Å². The van der Waals surface area contributed by atoms with Crippen LogP contribution in [0.25, 0.3) is 0 Å². The Kier molecular flexibility index (Phi) is 20.9. The van der Waals surface area contributed by atoms with Gasteiger partial charge in [-0.3, -0.25) is 14.4 Å². The Bertz CT molecular complexity index is 1960. The second kappa shape index (κ2) is 25.3. The molecule has 1 spiro atoms. The van der Waals surface area contributed by atoms with Crippen LogP contribution in [0.15, 0.2) is 54.1 Å². The summed E-state index contributed by atoms with van der Waals surface area (Å²) in [4.78, 5) is 51.5. The van der Waals surface area contributed by atoms with E-state index >= 15 is 0 Å². The van der Waals surface area contributed by atoms with Gasteiger partial charge in [-0.1, -0.05) is 98.2 Å². The fraction of sp³-hybridized carbons (Fsp3) is 0.750. The molecular formula is C56H88O14Si. The molecule has 400 valence electrons. The first-order valence-electron chi connectivity index (χ1n) is 26.3. The molecule has 1 aromatic rings. The van der Waals surface area contributed by atoms with Crippen molar-refractivity contribution in [3.63, 3.8) is 0 Å². The Morgan fingerprint density at radius 2 is 1.63 bits per heavy atom. The minimum absolute atomic E-state index is 0.00306. The lowest BCUT2D eigenvalue weighted by Gasteiger charge is -2.51. The average molecular weight is 1010 g/mol. The van der Waals surface area contributed by atoms with Crippen LogP contribution in [0, 0.1) is 23.2 Å². The number of allylic oxidation sites excluding steroid dienone is 1. The number of aldehydes is 1. The molecule has 1 aliphatic carbocycles. The molecule has 1 saturated carbocycles. The lowest BCUT2D eigenvalue weighted by molar-refractivity contribution is -0.342. The first kappa shape index (κ1) is 58.6. The van der Waals surface area contributed by atoms with Gasteiger partial charge >= 0.3 is 17.9 Å². The topological polar surface area (TPSA) is 172 Å². The molecule has 4 fully saturated rings. The largest absolute Gasteiger partial charge is 0.466 e. The Morgan fingerprint density at radius 1 is 0.930 bits per heavy atom. The summed E-state index contributed by atoms with van der Waals surface area (Å²) in [7, 11) is -1.21. The molecule has 1 aromatic carbocycles. The van der Waals surface area contributed by atoms with E-state index in [0.29, 0.717) is 37.1 Å². The molecule has 71 heavy (non-hydrogen) atoms. The van der Waals surface area contributed by atoms with Crippen LogP contribution in [0.4, 0.5) is 0 Å². The van der Waals surface area contributed by atoms with Crippen molar-refractivity contribution in [1.29, 1.82) is 0 Å². The van der Waals surface area contributed by atoms with Crippen molar-refractivity contribution in [2.24, 2.45) is 23.2 Å². The van der Waals surface area contributed by atoms with E-state index in [2.05, 4.69) is 54.6 Å². The zero-order valence-corrected chi connectivity index (χ0v) is 46.2. The van der Waals surface area contributed by atoms with Crippen molar-refractivity contribution >= 4 is 32.5 Å². The van der Waals surface area contributed by atoms with Crippen molar-refractivity contribution in [3.05, 3.63) is 59.7 Å². The maximum Gasteiger partial charge on any atom is 0.330 e. The van der Waals surface area contributed by atoms with Gasteiger partial charge in [-0.2, -0.15) is 0 Å². The highest BCUT2D eigenvalue weighted by Gasteiger charge is 2.58. The molecule has 14 nitrogen and oxygen atoms in total. The predicted octanol–water partition coefficient (Wildman–Crippen LogP) is 10.3. The van der Waals surface area contributed by atoms with Gasteiger partial charge in [0.25, 0.3) is 0 Å². The molecule has 0 radical (unpaired) electrons. The number of rotatable bonds is 21. The Morgan fingerprint density at radius 3 is 2.28 bits per heavy atom. The van der Waals surface area contributed by atoms with Crippen LogP contribution in [0.2, 0.25) is 18.1 Å². The number of hydrogen-bond donors (Lipinski definition) is 1. The van der Waals surface area contributed by atoms with Crippen molar-refractivity contribution in [2.75, 3.05) is 13.7 Å². The third kappa shape index (κ3) is 15.9. The summed E-state index contributed by atoms with van der Waals surface area (Å²) in [5, 5.41) is 12.4. The summed E-state index contributed by atoms with van der Waals surface area (Å²) in [6.45, 7) is 24.9. The van der Waals surface area contributed by atoms with Gasteiger partial charge in [0, 0.05) is 37.2 Å². The highest BCUT2D eigenvalue weighted by Crippen LogP contribution is 2.49. The van der Waals surface area contributed by atoms with Crippen LogP contribution in [0.5, 0.6) is 0 Å². The number of ether oxygens (including phenoxy) is 8. The lowest BCUT2D eigenvalue weighted by Crippen LogP contribution is -2.62. The molecule has 0 bridgehead atoms. The molecule has 3 saturated heterocycles. The van der Waals surface area contributed by atoms with Crippen LogP contribution in [0.1, 0.15) is 152 Å². The monoisotopic (exact) mass is 1010 g/mol. The normalized spacial score (nSPS) is 30.7. The first-order valence-corrected chi connectivity index (χ1v) is 29.2. The number of methoxy groups -OCH3 is 1. The standard InChI is InChI=1S/C56H88O14Si/c1-37(2)48-24-23-38(3)35-55(48)64-28-25-45(68-55)31-43-21-17-22-44(66-43)32-47(70-71(12,13)53(6,7)8)34-51(60)67-49(39(4)63-36-41-19-15-14-16-20-41)33-46-29-42(30-50(59)62-11)52(65-40(5)58)56(61,69-46)54(9,10)26-18-27-57/h14-16,18-20,26-27,30,37-39,43-49,52,61H,17,21-25,28-29,31-36H2,1-13H3/t38-,39-,43-,44?,45+,46+,47-,48+,49-,52+,55+,56-/m1/s1. The summed E-state index contributed by atoms with van der Waals surface area (Å²) in [5.41, 5.74) is -0.215. The van der Waals surface area contributed by atoms with Crippen LogP contribution in [0.3, 0.4) is 0 Å². The number of carbonyl (C=O) groups excluding carboxylic acids is 4. The van der Waals surface area contributed by atoms with Gasteiger partial charge in [-0.05, 0) is 105 Å². The van der Waals surface area contributed by atoms with Gasteiger partial charge < -0.3 is 47.4 Å². The van der Waals surface area contributed by atoms with Crippen molar-refractivity contribution in [2.45, 2.75) is 231 Å². The molecular weight excluding hydrogens is 925 g/mol. The fourth-order valence-electron chi connectivity index (χ4n) is 10.7. The third-order valence-electron chi connectivity index (χ3n) is 15.7. The van der Waals surface area contributed by atoms with E-state index in [9.17, 15) is 24.3 Å². The van der Waals surface area contributed by atoms with Crippen LogP contribution in [-0.4, -0.2) is 112 Å². The van der Waals surface area contributed by atoms with Gasteiger partial charge in [0.1, 0.15) is 12.4 Å². The van der Waals surface area contributed by atoms with E-state index < -0.39 is 73.7 Å². The zero-order valence-electron chi connectivity index (χ0n) is 45.2. The first-order chi connectivity index (χ1) is 33.3. The van der Waals surface area contributed by atoms with Crippen LogP contribution in [-0.2, 0) is 68.1 Å². The maximum absolute atomic E-state index is 14.6. The zero-order chi connectivity index (χ0) is 52.4. The van der Waals surface area contributed by atoms with Crippen molar-refractivity contribution < 1.29 is 66.6 Å². The molecule has 4 aliphatic rings. The van der Waals surface area contributed by atoms with Gasteiger partial charge in [0.05, 0.1) is 63.4 Å². The summed E-state index contributed by atoms with van der Waals surface area (Å²) >= 11 is 0. The second-order valence-corrected chi connectivity index (χ2v) is 28.0. The minimum atomic E-state index is -2.43. The summed E-state index contributed by atoms with van der Waals surface area (Å²) in [6.07, 6.45) is 7.94. The van der Waals surface area contributed by atoms with E-state index in [-0.39, 0.29) is 54.8 Å². The SMILES string of the molecule is COC(=O)C=C1C[C@@H](C[C@@H](OC(=O)C[C@@H](CC2CCC[C@H](C[C@@H]3CCO[C@@]4(C[C@H](C)CC[C@H]4C(C)C)O3)O2)O[Si](C)(C)C(C)(C)C)[C@@H](C)OCc2ccccc2)O[C@@](O)(C(C)(C)C=CC=O)[C@H]1OC(C)=O. The van der Waals surface area contributed by atoms with Crippen molar-refractivity contribution in [3.8, 4) is 0 Å². The second-order valence-electron chi connectivity index (χ2n) is 23.3. The summed E-state index contributed by atoms with van der Waals surface area (Å²) < 4.78 is 57.6. The number of benzene rings is 1. The lowest BCUT2D eigenvalue weighted by atomic mass is 9.72. The Balaban J connectivity index is 1.39. The van der Waals surface area contributed by atoms with Gasteiger partial charge in [-0.25, -0.2) is 4.79 Å². The van der Waals surface area contributed by atoms with E-state index in [1.165, 1.54) is 38.7 Å². The molecule has 15 heteroatoms. The fourth-order valence-corrected chi connectivity index (χ4v) is 12.1. The van der Waals surface area contributed by atoms with Crippen LogP contribution < -0.4 is 0 Å². The molecule has 1 unspecified atom stereocenters. The van der Waals surface area contributed by atoms with Crippen LogP contribution >= 0.6 is 0 Å². The molecule has 1 N–H and O–H groups in total. The number of aliphatic hydroxyl groups is 1.